The summed E-state index contributed by atoms with van der Waals surface area (Å²) in [6, 6.07) is 20.1. The van der Waals surface area contributed by atoms with Gasteiger partial charge in [0, 0.05) is 62.5 Å². The van der Waals surface area contributed by atoms with Gasteiger partial charge < -0.3 is 23.2 Å². The topological polar surface area (TPSA) is 136 Å². The quantitative estimate of drug-likeness (QED) is 0.0252. The van der Waals surface area contributed by atoms with Crippen molar-refractivity contribution in [2.24, 2.45) is 0 Å². The van der Waals surface area contributed by atoms with Crippen LogP contribution in [0.1, 0.15) is 186 Å². The summed E-state index contributed by atoms with van der Waals surface area (Å²) in [6.07, 6.45) is 26.5. The van der Waals surface area contributed by atoms with Crippen molar-refractivity contribution < 1.29 is 59.2 Å². The number of nitrogens with zero attached hydrogens (tertiary/aromatic N) is 1. The number of hydrogen-bond acceptors (Lipinski definition) is 9. The predicted octanol–water partition coefficient (Wildman–Crippen LogP) is 11.7. The number of quaternary nitrogens is 1. The summed E-state index contributed by atoms with van der Waals surface area (Å²) in [6.45, 7) is 8.31. The lowest BCUT2D eigenvalue weighted by atomic mass is 9.85. The summed E-state index contributed by atoms with van der Waals surface area (Å²) in [5, 5.41) is 0. The second-order valence-corrected chi connectivity index (χ2v) is 20.5. The van der Waals surface area contributed by atoms with E-state index in [1.165, 1.54) is 114 Å². The molecule has 2 atom stereocenters. The molecule has 14 heteroatoms. The predicted molar refractivity (Wildman–Crippen MR) is 240 cm³/mol. The van der Waals surface area contributed by atoms with E-state index in [1.807, 2.05) is 81.4 Å². The number of hydrogen-bond donors (Lipinski definition) is 0. The minimum Gasteiger partial charge on any atom is -0.741 e. The lowest BCUT2D eigenvalue weighted by Crippen LogP contribution is -2.60. The van der Waals surface area contributed by atoms with Gasteiger partial charge in [-0.05, 0) is 33.6 Å². The van der Waals surface area contributed by atoms with Gasteiger partial charge in [0.15, 0.2) is 10.1 Å². The Morgan fingerprint density at radius 3 is 1.30 bits per heavy atom. The largest absolute Gasteiger partial charge is 0.741 e. The van der Waals surface area contributed by atoms with Crippen LogP contribution in [-0.2, 0) is 44.3 Å². The number of esters is 3. The summed E-state index contributed by atoms with van der Waals surface area (Å²) in [7, 11) is -6.09. The molecule has 0 amide bonds. The zero-order chi connectivity index (χ0) is 46.7. The molecular formula is C50H74F3NO9S. The molecule has 0 aromatic heterocycles. The molecule has 0 aliphatic carbocycles. The summed E-state index contributed by atoms with van der Waals surface area (Å²) in [5.41, 5.74) is -6.40. The highest BCUT2D eigenvalue weighted by Crippen LogP contribution is 2.47. The van der Waals surface area contributed by atoms with Gasteiger partial charge in [0.2, 0.25) is 0 Å². The van der Waals surface area contributed by atoms with Crippen molar-refractivity contribution >= 4 is 28.0 Å². The zero-order valence-corrected chi connectivity index (χ0v) is 39.4. The number of benzene rings is 2. The second-order valence-electron chi connectivity index (χ2n) is 19.2. The van der Waals surface area contributed by atoms with E-state index in [0.29, 0.717) is 29.6 Å². The molecule has 64 heavy (non-hydrogen) atoms. The number of rotatable bonds is 24. The Bertz CT molecular complexity index is 1760. The number of carbonyl (C=O) groups excluding carboxylic acids is 3. The first-order valence-corrected chi connectivity index (χ1v) is 25.4. The van der Waals surface area contributed by atoms with Crippen LogP contribution in [0.4, 0.5) is 13.2 Å². The molecule has 10 nitrogen and oxygen atoms in total. The maximum absolute atomic E-state index is 14.6. The van der Waals surface area contributed by atoms with Crippen molar-refractivity contribution in [3.05, 3.63) is 71.8 Å². The fraction of sp³-hybridized carbons (Fsp3) is 0.700. The lowest BCUT2D eigenvalue weighted by Gasteiger charge is -2.47. The smallest absolute Gasteiger partial charge is 0.485 e. The first-order valence-electron chi connectivity index (χ1n) is 24.0. The monoisotopic (exact) mass is 922 g/mol. The molecule has 2 aromatic rings. The molecule has 2 aromatic carbocycles. The average Bonchev–Trinajstić information content (AvgIpc) is 3.78. The second kappa shape index (κ2) is 25.4. The molecule has 360 valence electrons. The van der Waals surface area contributed by atoms with E-state index in [2.05, 4.69) is 0 Å². The maximum Gasteiger partial charge on any atom is 0.485 e. The Kier molecular flexibility index (Phi) is 21.1. The molecule has 3 saturated heterocycles. The van der Waals surface area contributed by atoms with Crippen LogP contribution >= 0.6 is 0 Å². The minimum absolute atomic E-state index is 0.0722. The number of piperidine rings is 1. The Morgan fingerprint density at radius 1 is 0.609 bits per heavy atom. The molecule has 3 aliphatic heterocycles. The van der Waals surface area contributed by atoms with E-state index in [1.54, 1.807) is 0 Å². The molecule has 0 N–H and O–H groups in total. The summed E-state index contributed by atoms with van der Waals surface area (Å²) in [5.74, 6) is -0.888. The fourth-order valence-corrected chi connectivity index (χ4v) is 10.1. The fourth-order valence-electron chi connectivity index (χ4n) is 10.1. The van der Waals surface area contributed by atoms with Gasteiger partial charge in [-0.2, -0.15) is 13.2 Å². The Balaban J connectivity index is 0.00000102. The number of carbonyl (C=O) groups is 3. The van der Waals surface area contributed by atoms with E-state index < -0.39 is 27.2 Å². The standard InChI is InChI=1S/C49H74NO6.CHF3O3S/c1-48(2,3)55-45(51)32-24-16-14-12-10-8-6-4-5-7-9-11-13-15-17-25-33-46(52)56-49(40-28-20-18-21-29-40,41-30-22-19-23-31-41)47(53)54-44-38-42-34-35-43(39-44)50(42)36-26-27-37-50;2-1(3,4)8(5,6)7/h18-23,28-31,42-44H,4-17,24-27,32-39H2,1-3H3;(H,5,6,7)/q+1;/p-1. The normalized spacial score (nSPS) is 19.5. The van der Waals surface area contributed by atoms with Crippen LogP contribution in [-0.4, -0.2) is 77.7 Å². The molecule has 1 spiro atoms. The van der Waals surface area contributed by atoms with Gasteiger partial charge in [0.05, 0.1) is 25.2 Å². The number of halogens is 3. The average molecular weight is 922 g/mol. The highest BCUT2D eigenvalue weighted by Gasteiger charge is 2.57. The Morgan fingerprint density at radius 2 is 0.953 bits per heavy atom. The molecule has 2 unspecified atom stereocenters. The van der Waals surface area contributed by atoms with Gasteiger partial charge in [-0.15, -0.1) is 0 Å². The highest BCUT2D eigenvalue weighted by atomic mass is 32.2. The third-order valence-electron chi connectivity index (χ3n) is 13.2. The van der Waals surface area contributed by atoms with Crippen LogP contribution in [0.5, 0.6) is 0 Å². The molecule has 3 aliphatic rings. The molecule has 3 fully saturated rings. The van der Waals surface area contributed by atoms with Gasteiger partial charge >= 0.3 is 23.4 Å². The molecular weight excluding hydrogens is 848 g/mol. The van der Waals surface area contributed by atoms with Crippen LogP contribution in [0.3, 0.4) is 0 Å². The SMILES string of the molecule is CC(C)(C)OC(=O)CCCCCCCCCCCCCCCCCCC(=O)OC(C(=O)OC1CC2CCC(C1)[N+]21CCCC1)(c1ccccc1)c1ccccc1.O=S(=O)([O-])C(F)(F)F. The van der Waals surface area contributed by atoms with Gasteiger partial charge in [-0.1, -0.05) is 151 Å². The highest BCUT2D eigenvalue weighted by molar-refractivity contribution is 7.86. The summed E-state index contributed by atoms with van der Waals surface area (Å²) in [4.78, 5) is 40.0. The van der Waals surface area contributed by atoms with Crippen molar-refractivity contribution in [1.29, 1.82) is 0 Å². The van der Waals surface area contributed by atoms with Crippen LogP contribution in [0.2, 0.25) is 0 Å². The number of unbranched alkanes of at least 4 members (excludes halogenated alkanes) is 15. The van der Waals surface area contributed by atoms with Crippen molar-refractivity contribution in [3.63, 3.8) is 0 Å². The van der Waals surface area contributed by atoms with Gasteiger partial charge in [0.25, 0.3) is 5.60 Å². The summed E-state index contributed by atoms with van der Waals surface area (Å²) >= 11 is 0. The van der Waals surface area contributed by atoms with Crippen LogP contribution < -0.4 is 0 Å². The Hall–Kier alpha value is -3.49. The maximum atomic E-state index is 14.6. The van der Waals surface area contributed by atoms with E-state index in [4.69, 9.17) is 27.2 Å². The van der Waals surface area contributed by atoms with Crippen LogP contribution in [0.15, 0.2) is 60.7 Å². The van der Waals surface area contributed by atoms with Crippen molar-refractivity contribution in [2.45, 2.75) is 210 Å². The van der Waals surface area contributed by atoms with Crippen LogP contribution in [0.25, 0.3) is 0 Å². The van der Waals surface area contributed by atoms with E-state index >= 15 is 0 Å². The minimum atomic E-state index is -6.09. The molecule has 0 saturated carbocycles. The van der Waals surface area contributed by atoms with Crippen molar-refractivity contribution in [1.82, 2.24) is 0 Å². The third-order valence-corrected chi connectivity index (χ3v) is 13.7. The molecule has 0 radical (unpaired) electrons. The van der Waals surface area contributed by atoms with Crippen molar-refractivity contribution in [2.75, 3.05) is 13.1 Å². The van der Waals surface area contributed by atoms with Gasteiger partial charge in [0.1, 0.15) is 11.7 Å². The number of alkyl halides is 3. The zero-order valence-electron chi connectivity index (χ0n) is 38.6. The van der Waals surface area contributed by atoms with E-state index in [0.717, 1.165) is 44.9 Å². The first-order chi connectivity index (χ1) is 30.4. The summed E-state index contributed by atoms with van der Waals surface area (Å²) < 4.78 is 78.4. The van der Waals surface area contributed by atoms with E-state index in [9.17, 15) is 27.6 Å². The van der Waals surface area contributed by atoms with Crippen molar-refractivity contribution in [3.8, 4) is 0 Å². The van der Waals surface area contributed by atoms with E-state index in [-0.39, 0.29) is 30.1 Å². The molecule has 5 rings (SSSR count). The third kappa shape index (κ3) is 16.4. The molecule has 3 heterocycles. The van der Waals surface area contributed by atoms with Crippen LogP contribution in [0, 0.1) is 0 Å². The molecule has 2 bridgehead atoms. The number of ether oxygens (including phenoxy) is 3. The first kappa shape index (κ1) is 53.1. The lowest BCUT2D eigenvalue weighted by molar-refractivity contribution is -0.956. The van der Waals surface area contributed by atoms with Gasteiger partial charge in [-0.3, -0.25) is 9.59 Å². The Labute approximate surface area is 380 Å². The van der Waals surface area contributed by atoms with Gasteiger partial charge in [-0.25, -0.2) is 13.2 Å².